The molecule has 0 bridgehead atoms. The van der Waals surface area contributed by atoms with Gasteiger partial charge in [-0.05, 0) is 6.42 Å². The van der Waals surface area contributed by atoms with Crippen molar-refractivity contribution in [2.24, 2.45) is 0 Å². The van der Waals surface area contributed by atoms with Crippen molar-refractivity contribution >= 4 is 36.3 Å². The van der Waals surface area contributed by atoms with Gasteiger partial charge < -0.3 is 18.9 Å². The number of ketones is 1. The highest BCUT2D eigenvalue weighted by Crippen LogP contribution is 2.36. The van der Waals surface area contributed by atoms with Gasteiger partial charge in [0.05, 0.1) is 6.20 Å². The van der Waals surface area contributed by atoms with Gasteiger partial charge in [-0.2, -0.15) is 0 Å². The van der Waals surface area contributed by atoms with E-state index in [0.717, 1.165) is 0 Å². The average Bonchev–Trinajstić information content (AvgIpc) is 3.12. The summed E-state index contributed by atoms with van der Waals surface area (Å²) in [7, 11) is 0. The topological polar surface area (TPSA) is 136 Å². The van der Waals surface area contributed by atoms with E-state index in [0.29, 0.717) is 6.42 Å². The van der Waals surface area contributed by atoms with Gasteiger partial charge in [0.2, 0.25) is 0 Å². The molecule has 0 radical (unpaired) electrons. The maximum absolute atomic E-state index is 12.2. The first-order chi connectivity index (χ1) is 14.1. The quantitative estimate of drug-likeness (QED) is 0.267. The third kappa shape index (κ3) is 6.02. The number of esters is 3. The van der Waals surface area contributed by atoms with Crippen LogP contribution in [0.1, 0.15) is 57.1 Å². The molecule has 1 fully saturated rings. The third-order valence-corrected chi connectivity index (χ3v) is 4.68. The van der Waals surface area contributed by atoms with Crippen LogP contribution < -0.4 is 0 Å². The van der Waals surface area contributed by atoms with Gasteiger partial charge in [-0.15, -0.1) is 17.7 Å². The van der Waals surface area contributed by atoms with E-state index in [9.17, 15) is 19.2 Å². The minimum atomic E-state index is -1.06. The van der Waals surface area contributed by atoms with Crippen molar-refractivity contribution in [1.82, 2.24) is 15.0 Å². The average molecular weight is 443 g/mol. The van der Waals surface area contributed by atoms with E-state index in [4.69, 9.17) is 18.9 Å². The smallest absolute Gasteiger partial charge is 0.303 e. The summed E-state index contributed by atoms with van der Waals surface area (Å²) >= 11 is 4.35. The number of aromatic nitrogens is 3. The van der Waals surface area contributed by atoms with Crippen molar-refractivity contribution in [2.45, 2.75) is 70.3 Å². The van der Waals surface area contributed by atoms with Crippen LogP contribution in [0.3, 0.4) is 0 Å². The van der Waals surface area contributed by atoms with Crippen LogP contribution in [0.15, 0.2) is 6.20 Å². The summed E-state index contributed by atoms with van der Waals surface area (Å²) < 4.78 is 22.8. The Bertz CT molecular complexity index is 798. The fraction of sp³-hybridized carbons (Fsp3) is 0.667. The van der Waals surface area contributed by atoms with Crippen LogP contribution in [0.25, 0.3) is 0 Å². The fourth-order valence-corrected chi connectivity index (χ4v) is 3.50. The molecule has 5 atom stereocenters. The minimum absolute atomic E-state index is 0.124. The number of ether oxygens (including phenoxy) is 4. The van der Waals surface area contributed by atoms with Gasteiger partial charge in [-0.25, -0.2) is 4.68 Å². The number of rotatable bonds is 8. The van der Waals surface area contributed by atoms with Crippen LogP contribution in [0.4, 0.5) is 0 Å². The van der Waals surface area contributed by atoms with E-state index in [1.165, 1.54) is 31.6 Å². The summed E-state index contributed by atoms with van der Waals surface area (Å²) in [5, 5.41) is 7.88. The van der Waals surface area contributed by atoms with Gasteiger partial charge in [0.1, 0.15) is 29.9 Å². The number of hydrogen-bond acceptors (Lipinski definition) is 11. The van der Waals surface area contributed by atoms with E-state index in [1.807, 2.05) is 6.92 Å². The lowest BCUT2D eigenvalue weighted by atomic mass is 9.96. The highest BCUT2D eigenvalue weighted by molar-refractivity contribution is 7.80. The monoisotopic (exact) mass is 443 g/mol. The van der Waals surface area contributed by atoms with Gasteiger partial charge in [0.15, 0.2) is 18.0 Å². The zero-order valence-corrected chi connectivity index (χ0v) is 18.0. The van der Waals surface area contributed by atoms with E-state index in [1.54, 1.807) is 0 Å². The van der Waals surface area contributed by atoms with E-state index in [2.05, 4.69) is 22.9 Å². The van der Waals surface area contributed by atoms with Crippen molar-refractivity contribution in [1.29, 1.82) is 0 Å². The lowest BCUT2D eigenvalue weighted by molar-refractivity contribution is -0.211. The molecule has 2 rings (SSSR count). The Labute approximate surface area is 178 Å². The minimum Gasteiger partial charge on any atom is -0.463 e. The summed E-state index contributed by atoms with van der Waals surface area (Å²) in [6.45, 7) is 5.26. The van der Waals surface area contributed by atoms with Crippen LogP contribution in [0.5, 0.6) is 0 Å². The Balaban J connectivity index is 2.46. The SMILES string of the molecule is CCCC(=O)c1cn([C@@H]2[C@@H](OC(C)=O)[C@@H](S)O[C@H](COC(C)=O)[C@@H]2OC(C)=O)nn1. The molecule has 30 heavy (non-hydrogen) atoms. The molecule has 12 heteroatoms. The summed E-state index contributed by atoms with van der Waals surface area (Å²) in [6, 6.07) is -0.926. The van der Waals surface area contributed by atoms with Crippen LogP contribution in [0, 0.1) is 0 Å². The fourth-order valence-electron chi connectivity index (χ4n) is 3.11. The number of thiol groups is 1. The molecule has 1 aliphatic heterocycles. The second kappa shape index (κ2) is 10.5. The standard InChI is InChI=1S/C18H25N3O8S/c1-5-6-13(25)12-7-21(20-19-12)15-16(27-10(3)23)14(8-26-9(2)22)29-18(30)17(15)28-11(4)24/h7,14-18,30H,5-6,8H2,1-4H3/t14-,15+,16+,17-,18-/m1/s1. The molecule has 0 amide bonds. The van der Waals surface area contributed by atoms with Crippen molar-refractivity contribution in [3.63, 3.8) is 0 Å². The summed E-state index contributed by atoms with van der Waals surface area (Å²) in [5.74, 6) is -2.01. The Hall–Kier alpha value is -2.47. The molecule has 1 aromatic heterocycles. The molecule has 1 saturated heterocycles. The van der Waals surface area contributed by atoms with E-state index < -0.39 is 47.7 Å². The largest absolute Gasteiger partial charge is 0.463 e. The lowest BCUT2D eigenvalue weighted by Crippen LogP contribution is -2.57. The number of hydrogen-bond donors (Lipinski definition) is 1. The molecule has 0 unspecified atom stereocenters. The van der Waals surface area contributed by atoms with Crippen LogP contribution in [0.2, 0.25) is 0 Å². The first kappa shape index (κ1) is 23.8. The second-order valence-electron chi connectivity index (χ2n) is 6.76. The van der Waals surface area contributed by atoms with Gasteiger partial charge in [0, 0.05) is 27.2 Å². The Morgan fingerprint density at radius 2 is 1.73 bits per heavy atom. The van der Waals surface area contributed by atoms with Crippen LogP contribution >= 0.6 is 12.6 Å². The van der Waals surface area contributed by atoms with Gasteiger partial charge >= 0.3 is 17.9 Å². The van der Waals surface area contributed by atoms with Crippen molar-refractivity contribution < 1.29 is 38.1 Å². The normalized spacial score (nSPS) is 26.0. The van der Waals surface area contributed by atoms with Crippen LogP contribution in [-0.4, -0.2) is 69.0 Å². The van der Waals surface area contributed by atoms with Crippen LogP contribution in [-0.2, 0) is 33.3 Å². The maximum atomic E-state index is 12.2. The van der Waals surface area contributed by atoms with E-state index in [-0.39, 0.29) is 24.5 Å². The molecule has 0 spiro atoms. The van der Waals surface area contributed by atoms with Gasteiger partial charge in [-0.3, -0.25) is 19.2 Å². The first-order valence-corrected chi connectivity index (χ1v) is 9.92. The Morgan fingerprint density at radius 3 is 2.30 bits per heavy atom. The highest BCUT2D eigenvalue weighted by atomic mass is 32.1. The summed E-state index contributed by atoms with van der Waals surface area (Å²) in [4.78, 5) is 46.9. The molecule has 1 aromatic rings. The zero-order valence-electron chi connectivity index (χ0n) is 17.1. The molecular formula is C18H25N3O8S. The predicted molar refractivity (Wildman–Crippen MR) is 104 cm³/mol. The molecule has 2 heterocycles. The molecule has 0 aromatic carbocycles. The first-order valence-electron chi connectivity index (χ1n) is 9.40. The van der Waals surface area contributed by atoms with Crippen molar-refractivity contribution in [2.75, 3.05) is 6.61 Å². The van der Waals surface area contributed by atoms with Crippen molar-refractivity contribution in [3.05, 3.63) is 11.9 Å². The van der Waals surface area contributed by atoms with Gasteiger partial charge in [0.25, 0.3) is 0 Å². The molecule has 0 aliphatic carbocycles. The summed E-state index contributed by atoms with van der Waals surface area (Å²) in [5.41, 5.74) is -0.830. The lowest BCUT2D eigenvalue weighted by Gasteiger charge is -2.43. The summed E-state index contributed by atoms with van der Waals surface area (Å²) in [6.07, 6.45) is -0.693. The van der Waals surface area contributed by atoms with Gasteiger partial charge in [-0.1, -0.05) is 12.1 Å². The Morgan fingerprint density at radius 1 is 1.10 bits per heavy atom. The number of nitrogens with zero attached hydrogens (tertiary/aromatic N) is 3. The molecule has 166 valence electrons. The number of Topliss-reactive ketones (excluding diaryl/α,β-unsaturated/α-hetero) is 1. The number of carbonyl (C=O) groups is 4. The molecular weight excluding hydrogens is 418 g/mol. The van der Waals surface area contributed by atoms with Crippen molar-refractivity contribution in [3.8, 4) is 0 Å². The molecule has 1 aliphatic rings. The Kier molecular flexibility index (Phi) is 8.35. The molecule has 11 nitrogen and oxygen atoms in total. The highest BCUT2D eigenvalue weighted by Gasteiger charge is 2.50. The molecule has 0 saturated carbocycles. The second-order valence-corrected chi connectivity index (χ2v) is 7.27. The van der Waals surface area contributed by atoms with E-state index >= 15 is 0 Å². The predicted octanol–water partition coefficient (Wildman–Crippen LogP) is 0.883. The maximum Gasteiger partial charge on any atom is 0.303 e. The third-order valence-electron chi connectivity index (χ3n) is 4.27. The molecule has 0 N–H and O–H groups in total. The number of carbonyl (C=O) groups excluding carboxylic acids is 4. The zero-order chi connectivity index (χ0) is 22.4.